The van der Waals surface area contributed by atoms with Crippen molar-refractivity contribution in [2.24, 2.45) is 5.92 Å². The zero-order chi connectivity index (χ0) is 15.1. The minimum absolute atomic E-state index is 0.0326. The Balaban J connectivity index is 2.53. The van der Waals surface area contributed by atoms with Gasteiger partial charge in [-0.25, -0.2) is 17.2 Å². The van der Waals surface area contributed by atoms with Gasteiger partial charge in [-0.3, -0.25) is 4.79 Å². The Hall–Kier alpha value is -1.50. The van der Waals surface area contributed by atoms with Crippen molar-refractivity contribution in [3.8, 4) is 0 Å². The second-order valence-corrected chi connectivity index (χ2v) is 7.14. The topological polar surface area (TPSA) is 71.4 Å². The molecule has 1 saturated carbocycles. The van der Waals surface area contributed by atoms with Crippen LogP contribution in [0.5, 0.6) is 0 Å². The Labute approximate surface area is 115 Å². The predicted octanol–water partition coefficient (Wildman–Crippen LogP) is 2.34. The van der Waals surface area contributed by atoms with Crippen LogP contribution in [-0.2, 0) is 14.6 Å². The number of hydrogen-bond acceptors (Lipinski definition) is 3. The largest absolute Gasteiger partial charge is 0.481 e. The summed E-state index contributed by atoms with van der Waals surface area (Å²) >= 11 is 0. The average Bonchev–Trinajstić information content (AvgIpc) is 3.12. The molecule has 0 amide bonds. The third-order valence-electron chi connectivity index (χ3n) is 3.44. The Kier molecular flexibility index (Phi) is 3.82. The zero-order valence-electron chi connectivity index (χ0n) is 10.8. The van der Waals surface area contributed by atoms with Crippen molar-refractivity contribution in [1.82, 2.24) is 0 Å². The molecule has 1 unspecified atom stereocenters. The van der Waals surface area contributed by atoms with Crippen molar-refractivity contribution >= 4 is 15.8 Å². The van der Waals surface area contributed by atoms with E-state index in [-0.39, 0.29) is 22.8 Å². The minimum atomic E-state index is -3.69. The number of carboxylic acids is 1. The molecule has 0 aromatic heterocycles. The Morgan fingerprint density at radius 3 is 2.45 bits per heavy atom. The van der Waals surface area contributed by atoms with Crippen LogP contribution in [0.15, 0.2) is 17.0 Å². The van der Waals surface area contributed by atoms with Crippen molar-refractivity contribution in [3.63, 3.8) is 0 Å². The van der Waals surface area contributed by atoms with Crippen LogP contribution in [0.2, 0.25) is 0 Å². The maximum Gasteiger partial charge on any atom is 0.303 e. The van der Waals surface area contributed by atoms with E-state index >= 15 is 0 Å². The summed E-state index contributed by atoms with van der Waals surface area (Å²) in [4.78, 5) is 10.5. The summed E-state index contributed by atoms with van der Waals surface area (Å²) in [6.07, 6.45) is 2.03. The zero-order valence-corrected chi connectivity index (χ0v) is 11.6. The fourth-order valence-electron chi connectivity index (χ4n) is 2.29. The molecule has 110 valence electrons. The molecule has 1 N–H and O–H groups in total. The highest BCUT2D eigenvalue weighted by Gasteiger charge is 2.36. The molecule has 1 aliphatic carbocycles. The van der Waals surface area contributed by atoms with Gasteiger partial charge in [-0.1, -0.05) is 0 Å². The van der Waals surface area contributed by atoms with Crippen molar-refractivity contribution in [3.05, 3.63) is 29.3 Å². The number of hydrogen-bond donors (Lipinski definition) is 1. The second kappa shape index (κ2) is 5.12. The molecule has 0 bridgehead atoms. The molecule has 1 atom stereocenters. The summed E-state index contributed by atoms with van der Waals surface area (Å²) in [6, 6.07) is 1.68. The lowest BCUT2D eigenvalue weighted by Gasteiger charge is -2.16. The lowest BCUT2D eigenvalue weighted by Crippen LogP contribution is -2.12. The van der Waals surface area contributed by atoms with Crippen molar-refractivity contribution in [2.75, 3.05) is 6.26 Å². The molecular weight excluding hydrogens is 290 g/mol. The molecule has 7 heteroatoms. The van der Waals surface area contributed by atoms with Gasteiger partial charge in [0.25, 0.3) is 0 Å². The third kappa shape index (κ3) is 3.15. The quantitative estimate of drug-likeness (QED) is 0.848. The molecule has 0 spiro atoms. The van der Waals surface area contributed by atoms with Crippen LogP contribution in [0.1, 0.15) is 30.7 Å². The minimum Gasteiger partial charge on any atom is -0.481 e. The highest BCUT2D eigenvalue weighted by Crippen LogP contribution is 2.45. The lowest BCUT2D eigenvalue weighted by atomic mass is 9.90. The fourth-order valence-corrected chi connectivity index (χ4v) is 2.94. The summed E-state index contributed by atoms with van der Waals surface area (Å²) in [6.45, 7) is 0. The van der Waals surface area contributed by atoms with Gasteiger partial charge in [-0.15, -0.1) is 0 Å². The van der Waals surface area contributed by atoms with E-state index in [0.717, 1.165) is 25.2 Å². The first-order valence-electron chi connectivity index (χ1n) is 6.11. The highest BCUT2D eigenvalue weighted by molar-refractivity contribution is 7.90. The van der Waals surface area contributed by atoms with Gasteiger partial charge in [0.2, 0.25) is 0 Å². The molecule has 0 radical (unpaired) electrons. The fraction of sp³-hybridized carbons (Fsp3) is 0.462. The molecular formula is C13H14F2O4S. The van der Waals surface area contributed by atoms with Crippen LogP contribution in [0.25, 0.3) is 0 Å². The maximum absolute atomic E-state index is 13.9. The van der Waals surface area contributed by atoms with Gasteiger partial charge in [-0.05, 0) is 36.5 Å². The first kappa shape index (κ1) is 14.9. The summed E-state index contributed by atoms with van der Waals surface area (Å²) < 4.78 is 50.4. The molecule has 0 aliphatic heterocycles. The first-order chi connectivity index (χ1) is 9.20. The SMILES string of the molecule is CS(=O)(=O)c1cc(F)c(F)c(C(CC(=O)O)C2CC2)c1. The van der Waals surface area contributed by atoms with E-state index in [0.29, 0.717) is 6.07 Å². The van der Waals surface area contributed by atoms with E-state index in [1.54, 1.807) is 0 Å². The van der Waals surface area contributed by atoms with E-state index in [9.17, 15) is 22.0 Å². The van der Waals surface area contributed by atoms with Crippen LogP contribution < -0.4 is 0 Å². The normalized spacial score (nSPS) is 16.9. The van der Waals surface area contributed by atoms with Crippen LogP contribution in [0.3, 0.4) is 0 Å². The molecule has 2 rings (SSSR count). The van der Waals surface area contributed by atoms with E-state index in [1.807, 2.05) is 0 Å². The van der Waals surface area contributed by atoms with Crippen LogP contribution in [0, 0.1) is 17.6 Å². The van der Waals surface area contributed by atoms with E-state index in [2.05, 4.69) is 0 Å². The molecule has 20 heavy (non-hydrogen) atoms. The standard InChI is InChI=1S/C13H14F2O4S/c1-20(18,19)8-4-10(13(15)11(14)5-8)9(6-12(16)17)7-2-3-7/h4-5,7,9H,2-3,6H2,1H3,(H,16,17). The molecule has 0 saturated heterocycles. The molecule has 1 aromatic rings. The number of halogens is 2. The van der Waals surface area contributed by atoms with Gasteiger partial charge >= 0.3 is 5.97 Å². The van der Waals surface area contributed by atoms with Gasteiger partial charge in [0.05, 0.1) is 11.3 Å². The van der Waals surface area contributed by atoms with Crippen molar-refractivity contribution < 1.29 is 27.1 Å². The number of aliphatic carboxylic acids is 1. The van der Waals surface area contributed by atoms with E-state index in [4.69, 9.17) is 5.11 Å². The molecule has 1 aromatic carbocycles. The third-order valence-corrected chi connectivity index (χ3v) is 4.54. The Morgan fingerprint density at radius 2 is 2.00 bits per heavy atom. The van der Waals surface area contributed by atoms with Crippen LogP contribution in [0.4, 0.5) is 8.78 Å². The summed E-state index contributed by atoms with van der Waals surface area (Å²) in [5.41, 5.74) is -0.157. The van der Waals surface area contributed by atoms with Gasteiger partial charge in [0.1, 0.15) is 0 Å². The van der Waals surface area contributed by atoms with Gasteiger partial charge < -0.3 is 5.11 Å². The van der Waals surface area contributed by atoms with Gasteiger partial charge in [0.15, 0.2) is 21.5 Å². The molecule has 4 nitrogen and oxygen atoms in total. The number of benzene rings is 1. The first-order valence-corrected chi connectivity index (χ1v) is 8.00. The van der Waals surface area contributed by atoms with E-state index < -0.39 is 33.4 Å². The number of sulfone groups is 1. The van der Waals surface area contributed by atoms with Gasteiger partial charge in [0, 0.05) is 12.2 Å². The number of carbonyl (C=O) groups is 1. The van der Waals surface area contributed by atoms with Crippen LogP contribution >= 0.6 is 0 Å². The second-order valence-electron chi connectivity index (χ2n) is 5.12. The molecule has 0 heterocycles. The van der Waals surface area contributed by atoms with Crippen LogP contribution in [-0.4, -0.2) is 25.7 Å². The Morgan fingerprint density at radius 1 is 1.40 bits per heavy atom. The number of carboxylic acid groups (broad SMARTS) is 1. The smallest absolute Gasteiger partial charge is 0.303 e. The predicted molar refractivity (Wildman–Crippen MR) is 67.2 cm³/mol. The number of rotatable bonds is 5. The lowest BCUT2D eigenvalue weighted by molar-refractivity contribution is -0.137. The summed E-state index contributed by atoms with van der Waals surface area (Å²) in [5, 5.41) is 8.88. The highest BCUT2D eigenvalue weighted by atomic mass is 32.2. The van der Waals surface area contributed by atoms with Crippen molar-refractivity contribution in [1.29, 1.82) is 0 Å². The molecule has 1 fully saturated rings. The summed E-state index contributed by atoms with van der Waals surface area (Å²) in [5.74, 6) is -4.26. The van der Waals surface area contributed by atoms with Gasteiger partial charge in [-0.2, -0.15) is 0 Å². The Bertz CT molecular complexity index is 651. The van der Waals surface area contributed by atoms with E-state index in [1.165, 1.54) is 0 Å². The summed E-state index contributed by atoms with van der Waals surface area (Å²) in [7, 11) is -3.69. The maximum atomic E-state index is 13.9. The molecule has 1 aliphatic rings. The monoisotopic (exact) mass is 304 g/mol. The van der Waals surface area contributed by atoms with Crippen molar-refractivity contribution in [2.45, 2.75) is 30.1 Å². The average molecular weight is 304 g/mol.